The van der Waals surface area contributed by atoms with Gasteiger partial charge in [-0.15, -0.1) is 10.2 Å². The third-order valence-electron chi connectivity index (χ3n) is 4.78. The fraction of sp³-hybridized carbons (Fsp3) is 0.286. The van der Waals surface area contributed by atoms with E-state index in [4.69, 9.17) is 18.6 Å². The smallest absolute Gasteiger partial charge is 0.247 e. The van der Waals surface area contributed by atoms with Gasteiger partial charge >= 0.3 is 0 Å². The van der Waals surface area contributed by atoms with E-state index in [-0.39, 0.29) is 11.8 Å². The Morgan fingerprint density at radius 2 is 2.00 bits per heavy atom. The lowest BCUT2D eigenvalue weighted by Crippen LogP contribution is -2.32. The molecule has 4 rings (SSSR count). The van der Waals surface area contributed by atoms with E-state index in [9.17, 15) is 4.79 Å². The van der Waals surface area contributed by atoms with Gasteiger partial charge in [-0.1, -0.05) is 0 Å². The Morgan fingerprint density at radius 3 is 2.72 bits per heavy atom. The zero-order chi connectivity index (χ0) is 20.4. The largest absolute Gasteiger partial charge is 0.497 e. The normalized spacial score (nSPS) is 15.2. The first-order chi connectivity index (χ1) is 14.1. The SMILES string of the molecule is COc1ccc2c(c1)CC(C(=O)Nc1cc(-c3nnc(C)o3)ccc1OC)CO2. The van der Waals surface area contributed by atoms with E-state index in [1.54, 1.807) is 39.3 Å². The van der Waals surface area contributed by atoms with Crippen LogP contribution in [0.5, 0.6) is 17.2 Å². The van der Waals surface area contributed by atoms with Crippen molar-refractivity contribution in [1.82, 2.24) is 10.2 Å². The molecule has 0 saturated carbocycles. The molecule has 0 aliphatic carbocycles. The maximum atomic E-state index is 12.9. The van der Waals surface area contributed by atoms with Gasteiger partial charge in [0.1, 0.15) is 23.9 Å². The Morgan fingerprint density at radius 1 is 1.14 bits per heavy atom. The van der Waals surface area contributed by atoms with Crippen LogP contribution in [0.4, 0.5) is 5.69 Å². The van der Waals surface area contributed by atoms with Crippen molar-refractivity contribution in [2.45, 2.75) is 13.3 Å². The average molecular weight is 395 g/mol. The molecule has 0 spiro atoms. The van der Waals surface area contributed by atoms with E-state index in [2.05, 4.69) is 15.5 Å². The number of carbonyl (C=O) groups is 1. The molecule has 1 aromatic heterocycles. The summed E-state index contributed by atoms with van der Waals surface area (Å²) in [6.07, 6.45) is 0.559. The van der Waals surface area contributed by atoms with Crippen LogP contribution in [0.2, 0.25) is 0 Å². The topological polar surface area (TPSA) is 95.7 Å². The van der Waals surface area contributed by atoms with Gasteiger partial charge in [0.2, 0.25) is 17.7 Å². The molecule has 150 valence electrons. The monoisotopic (exact) mass is 395 g/mol. The van der Waals surface area contributed by atoms with Crippen molar-refractivity contribution in [2.24, 2.45) is 5.92 Å². The van der Waals surface area contributed by atoms with Crippen molar-refractivity contribution in [3.63, 3.8) is 0 Å². The number of nitrogens with zero attached hydrogens (tertiary/aromatic N) is 2. The van der Waals surface area contributed by atoms with E-state index >= 15 is 0 Å². The Balaban J connectivity index is 1.54. The number of anilines is 1. The first kappa shape index (κ1) is 18.8. The molecule has 2 heterocycles. The fourth-order valence-electron chi connectivity index (χ4n) is 3.25. The summed E-state index contributed by atoms with van der Waals surface area (Å²) in [4.78, 5) is 12.9. The molecule has 1 atom stereocenters. The van der Waals surface area contributed by atoms with Crippen LogP contribution < -0.4 is 19.5 Å². The summed E-state index contributed by atoms with van der Waals surface area (Å²) in [6, 6.07) is 10.9. The van der Waals surface area contributed by atoms with Crippen molar-refractivity contribution >= 4 is 11.6 Å². The maximum absolute atomic E-state index is 12.9. The zero-order valence-electron chi connectivity index (χ0n) is 16.4. The van der Waals surface area contributed by atoms with Gasteiger partial charge < -0.3 is 23.9 Å². The molecule has 1 N–H and O–H groups in total. The highest BCUT2D eigenvalue weighted by atomic mass is 16.5. The number of aryl methyl sites for hydroxylation is 1. The summed E-state index contributed by atoms with van der Waals surface area (Å²) in [5, 5.41) is 10.8. The number of fused-ring (bicyclic) bond motifs is 1. The van der Waals surface area contributed by atoms with Crippen molar-refractivity contribution in [3.8, 4) is 28.7 Å². The van der Waals surface area contributed by atoms with Gasteiger partial charge in [0, 0.05) is 12.5 Å². The lowest BCUT2D eigenvalue weighted by molar-refractivity contribution is -0.121. The molecular weight excluding hydrogens is 374 g/mol. The molecule has 1 aliphatic heterocycles. The van der Waals surface area contributed by atoms with Crippen molar-refractivity contribution in [2.75, 3.05) is 26.1 Å². The number of hydrogen-bond acceptors (Lipinski definition) is 7. The summed E-state index contributed by atoms with van der Waals surface area (Å²) < 4.78 is 21.9. The summed E-state index contributed by atoms with van der Waals surface area (Å²) in [6.45, 7) is 2.02. The fourth-order valence-corrected chi connectivity index (χ4v) is 3.25. The molecule has 1 unspecified atom stereocenters. The summed E-state index contributed by atoms with van der Waals surface area (Å²) >= 11 is 0. The second-order valence-corrected chi connectivity index (χ2v) is 6.72. The number of amides is 1. The van der Waals surface area contributed by atoms with Gasteiger partial charge in [-0.05, 0) is 48.4 Å². The zero-order valence-corrected chi connectivity index (χ0v) is 16.4. The van der Waals surface area contributed by atoms with Crippen LogP contribution in [0.15, 0.2) is 40.8 Å². The number of benzene rings is 2. The van der Waals surface area contributed by atoms with Crippen LogP contribution in [-0.4, -0.2) is 36.9 Å². The van der Waals surface area contributed by atoms with Gasteiger partial charge in [-0.25, -0.2) is 0 Å². The molecular formula is C21H21N3O5. The third kappa shape index (κ3) is 3.87. The van der Waals surface area contributed by atoms with Gasteiger partial charge in [0.25, 0.3) is 0 Å². The minimum Gasteiger partial charge on any atom is -0.497 e. The highest BCUT2D eigenvalue weighted by Crippen LogP contribution is 2.33. The van der Waals surface area contributed by atoms with Crippen molar-refractivity contribution in [3.05, 3.63) is 47.9 Å². The standard InChI is InChI=1S/C21H21N3O5/c1-12-23-24-21(29-12)13-4-6-19(27-3)17(10-13)22-20(25)15-8-14-9-16(26-2)5-7-18(14)28-11-15/h4-7,9-10,15H,8,11H2,1-3H3,(H,22,25). The molecule has 29 heavy (non-hydrogen) atoms. The predicted octanol–water partition coefficient (Wildman–Crippen LogP) is 3.25. The van der Waals surface area contributed by atoms with E-state index in [0.717, 1.165) is 17.1 Å². The van der Waals surface area contributed by atoms with Gasteiger partial charge in [0.15, 0.2) is 0 Å². The molecule has 0 radical (unpaired) electrons. The van der Waals surface area contributed by atoms with E-state index < -0.39 is 0 Å². The number of rotatable bonds is 5. The lowest BCUT2D eigenvalue weighted by Gasteiger charge is -2.25. The molecule has 1 aliphatic rings. The molecule has 8 nitrogen and oxygen atoms in total. The Bertz CT molecular complexity index is 1050. The predicted molar refractivity (Wildman–Crippen MR) is 105 cm³/mol. The molecule has 3 aromatic rings. The van der Waals surface area contributed by atoms with Crippen LogP contribution in [0, 0.1) is 12.8 Å². The number of aromatic nitrogens is 2. The minimum absolute atomic E-state index is 0.157. The summed E-state index contributed by atoms with van der Waals surface area (Å²) in [5.74, 6) is 2.40. The van der Waals surface area contributed by atoms with Crippen LogP contribution >= 0.6 is 0 Å². The Hall–Kier alpha value is -3.55. The highest BCUT2D eigenvalue weighted by molar-refractivity contribution is 5.95. The molecule has 2 aromatic carbocycles. The number of ether oxygens (including phenoxy) is 3. The Labute approximate surface area is 167 Å². The van der Waals surface area contributed by atoms with Gasteiger partial charge in [-0.2, -0.15) is 0 Å². The first-order valence-corrected chi connectivity index (χ1v) is 9.16. The highest BCUT2D eigenvalue weighted by Gasteiger charge is 2.27. The number of carbonyl (C=O) groups excluding carboxylic acids is 1. The summed E-state index contributed by atoms with van der Waals surface area (Å²) in [7, 11) is 3.16. The van der Waals surface area contributed by atoms with Gasteiger partial charge in [0.05, 0.1) is 25.8 Å². The second-order valence-electron chi connectivity index (χ2n) is 6.72. The molecule has 0 bridgehead atoms. The number of methoxy groups -OCH3 is 2. The number of nitrogens with one attached hydrogen (secondary N) is 1. The van der Waals surface area contributed by atoms with E-state index in [1.165, 1.54) is 0 Å². The Kier molecular flexibility index (Phi) is 5.07. The molecule has 0 fully saturated rings. The lowest BCUT2D eigenvalue weighted by atomic mass is 9.95. The van der Waals surface area contributed by atoms with Gasteiger partial charge in [-0.3, -0.25) is 4.79 Å². The first-order valence-electron chi connectivity index (χ1n) is 9.16. The van der Waals surface area contributed by atoms with Crippen LogP contribution in [0.3, 0.4) is 0 Å². The average Bonchev–Trinajstić information content (AvgIpc) is 3.19. The van der Waals surface area contributed by atoms with Crippen molar-refractivity contribution < 1.29 is 23.4 Å². The molecule has 8 heteroatoms. The third-order valence-corrected chi connectivity index (χ3v) is 4.78. The van der Waals surface area contributed by atoms with Crippen molar-refractivity contribution in [1.29, 1.82) is 0 Å². The summed E-state index contributed by atoms with van der Waals surface area (Å²) in [5.41, 5.74) is 2.16. The van der Waals surface area contributed by atoms with E-state index in [0.29, 0.717) is 41.8 Å². The number of hydrogen-bond donors (Lipinski definition) is 1. The van der Waals surface area contributed by atoms with Crippen LogP contribution in [-0.2, 0) is 11.2 Å². The maximum Gasteiger partial charge on any atom is 0.247 e. The minimum atomic E-state index is -0.339. The second kappa shape index (κ2) is 7.83. The van der Waals surface area contributed by atoms with Crippen LogP contribution in [0.1, 0.15) is 11.5 Å². The molecule has 0 saturated heterocycles. The quantitative estimate of drug-likeness (QED) is 0.708. The van der Waals surface area contributed by atoms with E-state index in [1.807, 2.05) is 18.2 Å². The molecule has 1 amide bonds. The van der Waals surface area contributed by atoms with Crippen LogP contribution in [0.25, 0.3) is 11.5 Å².